The Hall–Kier alpha value is -4.25. The van der Waals surface area contributed by atoms with Gasteiger partial charge in [0, 0.05) is 41.3 Å². The Labute approximate surface area is 225 Å². The molecule has 0 spiro atoms. The zero-order valence-electron chi connectivity index (χ0n) is 22.2. The van der Waals surface area contributed by atoms with Crippen LogP contribution >= 0.6 is 0 Å². The Morgan fingerprint density at radius 1 is 0.846 bits per heavy atom. The molecule has 0 unspecified atom stereocenters. The van der Waals surface area contributed by atoms with E-state index in [1.807, 2.05) is 57.4 Å². The van der Waals surface area contributed by atoms with Gasteiger partial charge in [0.2, 0.25) is 11.8 Å². The van der Waals surface area contributed by atoms with Crippen molar-refractivity contribution in [3.05, 3.63) is 71.9 Å². The average molecular weight is 541 g/mol. The fraction of sp³-hybridized carbons (Fsp3) is 0.286. The first-order chi connectivity index (χ1) is 18.6. The first-order valence-electron chi connectivity index (χ1n) is 12.3. The summed E-state index contributed by atoms with van der Waals surface area (Å²) >= 11 is 0. The number of fused-ring (bicyclic) bond motifs is 1. The van der Waals surface area contributed by atoms with E-state index in [9.17, 15) is 13.2 Å². The molecule has 11 heteroatoms. The van der Waals surface area contributed by atoms with Crippen molar-refractivity contribution in [1.29, 1.82) is 0 Å². The van der Waals surface area contributed by atoms with E-state index in [1.54, 1.807) is 6.07 Å². The molecule has 39 heavy (non-hydrogen) atoms. The van der Waals surface area contributed by atoms with Crippen LogP contribution in [0.1, 0.15) is 11.3 Å². The summed E-state index contributed by atoms with van der Waals surface area (Å²) in [5.74, 6) is 1.83. The Morgan fingerprint density at radius 3 is 2.28 bits per heavy atom. The highest BCUT2D eigenvalue weighted by atomic mass is 19.4. The number of benzene rings is 3. The van der Waals surface area contributed by atoms with Crippen LogP contribution in [0.3, 0.4) is 0 Å². The molecule has 0 saturated carbocycles. The molecule has 4 aromatic rings. The number of ether oxygens (including phenoxy) is 2. The third-order valence-electron chi connectivity index (χ3n) is 5.86. The smallest absolute Gasteiger partial charge is 0.416 e. The van der Waals surface area contributed by atoms with E-state index in [1.165, 1.54) is 13.2 Å². The highest BCUT2D eigenvalue weighted by Crippen LogP contribution is 2.36. The summed E-state index contributed by atoms with van der Waals surface area (Å²) in [5, 5.41) is 11.2. The lowest BCUT2D eigenvalue weighted by Crippen LogP contribution is -2.21. The van der Waals surface area contributed by atoms with Gasteiger partial charge in [-0.25, -0.2) is 4.98 Å². The number of aryl methyl sites for hydroxylation is 1. The molecule has 0 bridgehead atoms. The van der Waals surface area contributed by atoms with Gasteiger partial charge < -0.3 is 30.3 Å². The van der Waals surface area contributed by atoms with Gasteiger partial charge in [0.05, 0.1) is 25.0 Å². The first kappa shape index (κ1) is 27.8. The third kappa shape index (κ3) is 7.20. The predicted molar refractivity (Wildman–Crippen MR) is 148 cm³/mol. The van der Waals surface area contributed by atoms with Crippen LogP contribution in [-0.4, -0.2) is 55.8 Å². The molecular formula is C28H31F3N6O2. The van der Waals surface area contributed by atoms with Gasteiger partial charge in [0.15, 0.2) is 0 Å². The third-order valence-corrected chi connectivity index (χ3v) is 5.86. The number of nitrogens with one attached hydrogen (secondary N) is 3. The van der Waals surface area contributed by atoms with Crippen molar-refractivity contribution < 1.29 is 22.6 Å². The van der Waals surface area contributed by atoms with E-state index >= 15 is 0 Å². The van der Waals surface area contributed by atoms with Crippen molar-refractivity contribution in [2.24, 2.45) is 0 Å². The second kappa shape index (κ2) is 12.1. The van der Waals surface area contributed by atoms with Crippen LogP contribution in [-0.2, 0) is 6.18 Å². The molecular weight excluding hydrogens is 509 g/mol. The first-order valence-corrected chi connectivity index (χ1v) is 12.3. The molecule has 3 aromatic carbocycles. The van der Waals surface area contributed by atoms with Crippen LogP contribution in [0.4, 0.5) is 30.5 Å². The molecule has 8 nitrogen and oxygen atoms in total. The molecule has 1 heterocycles. The van der Waals surface area contributed by atoms with Crippen LogP contribution in [0.5, 0.6) is 17.4 Å². The molecule has 0 aliphatic carbocycles. The van der Waals surface area contributed by atoms with Gasteiger partial charge in [-0.15, -0.1) is 0 Å². The number of hydrogen-bond acceptors (Lipinski definition) is 8. The number of likely N-dealkylation sites (N-methyl/N-ethyl adjacent to an activating group) is 1. The van der Waals surface area contributed by atoms with Gasteiger partial charge in [0.25, 0.3) is 0 Å². The van der Waals surface area contributed by atoms with E-state index in [4.69, 9.17) is 9.47 Å². The summed E-state index contributed by atoms with van der Waals surface area (Å²) in [4.78, 5) is 11.0. The predicted octanol–water partition coefficient (Wildman–Crippen LogP) is 6.21. The number of halogens is 3. The SMILES string of the molecule is COc1ccc(C(F)(F)F)cc1NCNc1ccc(Oc2cc(C)nc(NCCN(C)C)n2)c2ccccc12. The number of nitrogens with zero attached hydrogens (tertiary/aromatic N) is 3. The Kier molecular flexibility index (Phi) is 8.60. The molecule has 0 amide bonds. The number of hydrogen-bond donors (Lipinski definition) is 3. The molecule has 3 N–H and O–H groups in total. The molecule has 206 valence electrons. The number of aromatic nitrogens is 2. The molecule has 1 aromatic heterocycles. The van der Waals surface area contributed by atoms with Crippen LogP contribution in [0.25, 0.3) is 10.8 Å². The summed E-state index contributed by atoms with van der Waals surface area (Å²) in [5.41, 5.74) is 1.03. The van der Waals surface area contributed by atoms with Crippen molar-refractivity contribution >= 4 is 28.1 Å². The topological polar surface area (TPSA) is 83.6 Å². The normalized spacial score (nSPS) is 11.5. The Balaban J connectivity index is 1.51. The van der Waals surface area contributed by atoms with Gasteiger partial charge in [-0.1, -0.05) is 24.3 Å². The minimum atomic E-state index is -4.45. The zero-order valence-corrected chi connectivity index (χ0v) is 22.2. The second-order valence-electron chi connectivity index (χ2n) is 9.10. The average Bonchev–Trinajstić information content (AvgIpc) is 2.89. The lowest BCUT2D eigenvalue weighted by atomic mass is 10.1. The number of rotatable bonds is 11. The van der Waals surface area contributed by atoms with E-state index in [2.05, 4.69) is 30.8 Å². The standard InChI is InChI=1S/C28H31F3N6O2/c1-18-15-26(36-27(35-18)32-13-14-37(2)3)39-24-12-10-22(20-7-5-6-8-21(20)24)33-17-34-23-16-19(28(29,30)31)9-11-25(23)38-4/h5-12,15-16,33-34H,13-14,17H2,1-4H3,(H,32,35,36). The maximum Gasteiger partial charge on any atom is 0.416 e. The maximum atomic E-state index is 13.2. The van der Waals surface area contributed by atoms with Crippen molar-refractivity contribution in [2.75, 3.05) is 56.9 Å². The van der Waals surface area contributed by atoms with Gasteiger partial charge in [-0.3, -0.25) is 0 Å². The quantitative estimate of drug-likeness (QED) is 0.194. The van der Waals surface area contributed by atoms with Crippen LogP contribution < -0.4 is 25.4 Å². The highest BCUT2D eigenvalue weighted by Gasteiger charge is 2.31. The molecule has 0 aliphatic rings. The number of anilines is 3. The molecule has 0 aliphatic heterocycles. The minimum absolute atomic E-state index is 0.162. The van der Waals surface area contributed by atoms with Gasteiger partial charge >= 0.3 is 6.18 Å². The van der Waals surface area contributed by atoms with Crippen molar-refractivity contribution in [2.45, 2.75) is 13.1 Å². The summed E-state index contributed by atoms with van der Waals surface area (Å²) in [7, 11) is 5.40. The molecule has 0 radical (unpaired) electrons. The number of alkyl halides is 3. The van der Waals surface area contributed by atoms with Crippen LogP contribution in [0.15, 0.2) is 60.7 Å². The van der Waals surface area contributed by atoms with E-state index in [-0.39, 0.29) is 12.4 Å². The highest BCUT2D eigenvalue weighted by molar-refractivity contribution is 5.98. The molecule has 4 rings (SSSR count). The maximum absolute atomic E-state index is 13.2. The van der Waals surface area contributed by atoms with Crippen molar-refractivity contribution in [3.8, 4) is 17.4 Å². The minimum Gasteiger partial charge on any atom is -0.495 e. The summed E-state index contributed by atoms with van der Waals surface area (Å²) in [6.07, 6.45) is -4.45. The van der Waals surface area contributed by atoms with Crippen molar-refractivity contribution in [1.82, 2.24) is 14.9 Å². The Bertz CT molecular complexity index is 1430. The molecule has 0 fully saturated rings. The fourth-order valence-electron chi connectivity index (χ4n) is 3.95. The van der Waals surface area contributed by atoms with E-state index in [0.29, 0.717) is 29.9 Å². The van der Waals surface area contributed by atoms with E-state index < -0.39 is 11.7 Å². The molecule has 0 atom stereocenters. The largest absolute Gasteiger partial charge is 0.495 e. The van der Waals surface area contributed by atoms with Crippen molar-refractivity contribution in [3.63, 3.8) is 0 Å². The summed E-state index contributed by atoms with van der Waals surface area (Å²) in [6.45, 7) is 3.57. The van der Waals surface area contributed by atoms with Crippen LogP contribution in [0, 0.1) is 6.92 Å². The second-order valence-corrected chi connectivity index (χ2v) is 9.10. The number of methoxy groups -OCH3 is 1. The zero-order chi connectivity index (χ0) is 28.0. The Morgan fingerprint density at radius 2 is 1.56 bits per heavy atom. The lowest BCUT2D eigenvalue weighted by molar-refractivity contribution is -0.137. The molecule has 0 saturated heterocycles. The van der Waals surface area contributed by atoms with E-state index in [0.717, 1.165) is 40.8 Å². The van der Waals surface area contributed by atoms with Gasteiger partial charge in [-0.05, 0) is 51.4 Å². The fourth-order valence-corrected chi connectivity index (χ4v) is 3.95. The van der Waals surface area contributed by atoms with Gasteiger partial charge in [-0.2, -0.15) is 18.2 Å². The lowest BCUT2D eigenvalue weighted by Gasteiger charge is -2.17. The van der Waals surface area contributed by atoms with Crippen LogP contribution in [0.2, 0.25) is 0 Å². The summed E-state index contributed by atoms with van der Waals surface area (Å²) < 4.78 is 50.9. The van der Waals surface area contributed by atoms with Gasteiger partial charge in [0.1, 0.15) is 11.5 Å². The monoisotopic (exact) mass is 540 g/mol. The summed E-state index contributed by atoms with van der Waals surface area (Å²) in [6, 6.07) is 16.5.